The third kappa shape index (κ3) is 6.07. The first-order chi connectivity index (χ1) is 10.6. The molecule has 0 bridgehead atoms. The van der Waals surface area contributed by atoms with Crippen LogP contribution in [0.4, 0.5) is 0 Å². The topological polar surface area (TPSA) is 41.6 Å². The van der Waals surface area contributed by atoms with E-state index in [1.807, 2.05) is 17.0 Å². The molecule has 1 heterocycles. The van der Waals surface area contributed by atoms with Gasteiger partial charge in [0, 0.05) is 49.8 Å². The van der Waals surface area contributed by atoms with Gasteiger partial charge in [-0.3, -0.25) is 4.79 Å². The van der Waals surface area contributed by atoms with Crippen molar-refractivity contribution >= 4 is 34.2 Å². The predicted octanol–water partition coefficient (Wildman–Crippen LogP) is 2.89. The number of nitrogens with zero attached hydrogens (tertiary/aromatic N) is 1. The largest absolute Gasteiger partial charge is 0.385 e. The van der Waals surface area contributed by atoms with Gasteiger partial charge in [-0.1, -0.05) is 28.1 Å². The number of piperazine rings is 1. The van der Waals surface area contributed by atoms with Crippen LogP contribution in [-0.4, -0.2) is 50.2 Å². The number of rotatable bonds is 6. The number of carbonyl (C=O) groups excluding carboxylic acids is 1. The first-order valence-corrected chi connectivity index (χ1v) is 8.65. The second kappa shape index (κ2) is 10.3. The summed E-state index contributed by atoms with van der Waals surface area (Å²) in [7, 11) is 1.69. The molecule has 4 nitrogen and oxygen atoms in total. The average molecular weight is 406 g/mol. The fourth-order valence-electron chi connectivity index (χ4n) is 2.92. The SMILES string of the molecule is COCCC(Cc1cccc(Br)c1)C(=O)N1CCNCC1C.Cl. The predicted molar refractivity (Wildman–Crippen MR) is 99.1 cm³/mol. The van der Waals surface area contributed by atoms with E-state index in [4.69, 9.17) is 4.74 Å². The van der Waals surface area contributed by atoms with E-state index >= 15 is 0 Å². The molecule has 0 aliphatic carbocycles. The van der Waals surface area contributed by atoms with E-state index < -0.39 is 0 Å². The molecule has 2 atom stereocenters. The molecule has 1 saturated heterocycles. The molecule has 6 heteroatoms. The Morgan fingerprint density at radius 3 is 2.96 bits per heavy atom. The van der Waals surface area contributed by atoms with Crippen molar-refractivity contribution in [3.63, 3.8) is 0 Å². The number of nitrogens with one attached hydrogen (secondary N) is 1. The number of amides is 1. The molecule has 1 N–H and O–H groups in total. The molecule has 1 amide bonds. The van der Waals surface area contributed by atoms with Crippen molar-refractivity contribution in [2.75, 3.05) is 33.4 Å². The third-order valence-electron chi connectivity index (χ3n) is 4.18. The van der Waals surface area contributed by atoms with Crippen LogP contribution in [0.5, 0.6) is 0 Å². The number of ether oxygens (including phenoxy) is 1. The number of hydrogen-bond acceptors (Lipinski definition) is 3. The van der Waals surface area contributed by atoms with Gasteiger partial charge < -0.3 is 15.0 Å². The maximum Gasteiger partial charge on any atom is 0.226 e. The van der Waals surface area contributed by atoms with Gasteiger partial charge in [-0.2, -0.15) is 0 Å². The molecule has 0 aromatic heterocycles. The molecule has 1 aromatic carbocycles. The maximum absolute atomic E-state index is 12.9. The standard InChI is InChI=1S/C17H25BrN2O2.ClH/c1-13-12-19-7-8-20(13)17(21)15(6-9-22-2)10-14-4-3-5-16(18)11-14;/h3-5,11,13,15,19H,6-10,12H2,1-2H3;1H. The van der Waals surface area contributed by atoms with Crippen LogP contribution in [0.3, 0.4) is 0 Å². The second-order valence-electron chi connectivity index (χ2n) is 5.90. The normalized spacial score (nSPS) is 19.1. The Hall–Kier alpha value is -0.620. The Labute approximate surface area is 153 Å². The summed E-state index contributed by atoms with van der Waals surface area (Å²) in [6, 6.07) is 8.46. The lowest BCUT2D eigenvalue weighted by molar-refractivity contribution is -0.139. The lowest BCUT2D eigenvalue weighted by Crippen LogP contribution is -2.54. The Balaban J connectivity index is 0.00000264. The van der Waals surface area contributed by atoms with E-state index in [9.17, 15) is 4.79 Å². The molecular formula is C17H26BrClN2O2. The van der Waals surface area contributed by atoms with Crippen molar-refractivity contribution in [3.8, 4) is 0 Å². The Bertz CT molecular complexity index is 501. The monoisotopic (exact) mass is 404 g/mol. The van der Waals surface area contributed by atoms with Gasteiger partial charge in [-0.25, -0.2) is 0 Å². The molecule has 2 rings (SSSR count). The zero-order chi connectivity index (χ0) is 15.9. The summed E-state index contributed by atoms with van der Waals surface area (Å²) in [6.07, 6.45) is 1.52. The minimum atomic E-state index is -0.0187. The van der Waals surface area contributed by atoms with Crippen LogP contribution in [0.2, 0.25) is 0 Å². The smallest absolute Gasteiger partial charge is 0.226 e. The highest BCUT2D eigenvalue weighted by molar-refractivity contribution is 9.10. The molecule has 0 saturated carbocycles. The van der Waals surface area contributed by atoms with Gasteiger partial charge in [0.05, 0.1) is 0 Å². The van der Waals surface area contributed by atoms with Crippen LogP contribution in [0.25, 0.3) is 0 Å². The highest BCUT2D eigenvalue weighted by Gasteiger charge is 2.29. The number of methoxy groups -OCH3 is 1. The molecule has 130 valence electrons. The quantitative estimate of drug-likeness (QED) is 0.791. The van der Waals surface area contributed by atoms with E-state index in [1.54, 1.807) is 7.11 Å². The van der Waals surface area contributed by atoms with Crippen LogP contribution in [-0.2, 0) is 16.0 Å². The summed E-state index contributed by atoms with van der Waals surface area (Å²) in [5.74, 6) is 0.237. The molecule has 1 aromatic rings. The number of benzene rings is 1. The van der Waals surface area contributed by atoms with Gasteiger partial charge in [-0.15, -0.1) is 12.4 Å². The average Bonchev–Trinajstić information content (AvgIpc) is 2.51. The van der Waals surface area contributed by atoms with Gasteiger partial charge in [0.2, 0.25) is 5.91 Å². The highest BCUT2D eigenvalue weighted by Crippen LogP contribution is 2.20. The van der Waals surface area contributed by atoms with Crippen molar-refractivity contribution in [1.29, 1.82) is 0 Å². The van der Waals surface area contributed by atoms with Gasteiger partial charge in [0.15, 0.2) is 0 Å². The highest BCUT2D eigenvalue weighted by atomic mass is 79.9. The second-order valence-corrected chi connectivity index (χ2v) is 6.81. The van der Waals surface area contributed by atoms with Crippen molar-refractivity contribution < 1.29 is 9.53 Å². The zero-order valence-electron chi connectivity index (χ0n) is 13.8. The van der Waals surface area contributed by atoms with Crippen LogP contribution < -0.4 is 5.32 Å². The minimum absolute atomic E-state index is 0. The fraction of sp³-hybridized carbons (Fsp3) is 0.588. The minimum Gasteiger partial charge on any atom is -0.385 e. The molecule has 1 aliphatic rings. The summed E-state index contributed by atoms with van der Waals surface area (Å²) >= 11 is 3.50. The molecule has 23 heavy (non-hydrogen) atoms. The molecule has 1 aliphatic heterocycles. The molecule has 1 fully saturated rings. The molecule has 2 unspecified atom stereocenters. The first-order valence-electron chi connectivity index (χ1n) is 7.86. The Kier molecular flexibility index (Phi) is 9.14. The van der Waals surface area contributed by atoms with Gasteiger partial charge in [-0.05, 0) is 37.5 Å². The van der Waals surface area contributed by atoms with Crippen LogP contribution in [0.1, 0.15) is 18.9 Å². The van der Waals surface area contributed by atoms with Gasteiger partial charge in [0.25, 0.3) is 0 Å². The Morgan fingerprint density at radius 1 is 1.52 bits per heavy atom. The third-order valence-corrected chi connectivity index (χ3v) is 4.67. The zero-order valence-corrected chi connectivity index (χ0v) is 16.2. The van der Waals surface area contributed by atoms with Crippen LogP contribution >= 0.6 is 28.3 Å². The number of hydrogen-bond donors (Lipinski definition) is 1. The summed E-state index contributed by atoms with van der Waals surface area (Å²) in [6.45, 7) is 5.27. The van der Waals surface area contributed by atoms with E-state index in [0.29, 0.717) is 6.61 Å². The molecular weight excluding hydrogens is 380 g/mol. The van der Waals surface area contributed by atoms with Crippen molar-refractivity contribution in [2.45, 2.75) is 25.8 Å². The summed E-state index contributed by atoms with van der Waals surface area (Å²) in [4.78, 5) is 15.0. The molecule has 0 spiro atoms. The van der Waals surface area contributed by atoms with Crippen LogP contribution in [0.15, 0.2) is 28.7 Å². The van der Waals surface area contributed by atoms with E-state index in [2.05, 4.69) is 40.3 Å². The van der Waals surface area contributed by atoms with E-state index in [1.165, 1.54) is 5.56 Å². The first kappa shape index (κ1) is 20.4. The lowest BCUT2D eigenvalue weighted by atomic mass is 9.94. The van der Waals surface area contributed by atoms with Crippen LogP contribution in [0, 0.1) is 5.92 Å². The summed E-state index contributed by atoms with van der Waals surface area (Å²) in [5, 5.41) is 3.33. The maximum atomic E-state index is 12.9. The number of halogens is 2. The summed E-state index contributed by atoms with van der Waals surface area (Å²) < 4.78 is 6.26. The van der Waals surface area contributed by atoms with Crippen molar-refractivity contribution in [1.82, 2.24) is 10.2 Å². The fourth-order valence-corrected chi connectivity index (χ4v) is 3.37. The number of carbonyl (C=O) groups is 1. The van der Waals surface area contributed by atoms with Crippen molar-refractivity contribution in [2.24, 2.45) is 5.92 Å². The lowest BCUT2D eigenvalue weighted by Gasteiger charge is -2.36. The Morgan fingerprint density at radius 2 is 2.30 bits per heavy atom. The van der Waals surface area contributed by atoms with Crippen molar-refractivity contribution in [3.05, 3.63) is 34.3 Å². The molecule has 0 radical (unpaired) electrons. The van der Waals surface area contributed by atoms with E-state index in [0.717, 1.165) is 36.9 Å². The van der Waals surface area contributed by atoms with Gasteiger partial charge >= 0.3 is 0 Å². The van der Waals surface area contributed by atoms with Gasteiger partial charge in [0.1, 0.15) is 0 Å². The van der Waals surface area contributed by atoms with E-state index in [-0.39, 0.29) is 30.3 Å². The summed E-state index contributed by atoms with van der Waals surface area (Å²) in [5.41, 5.74) is 1.19.